The number of rotatable bonds is 6. The average Bonchev–Trinajstić information content (AvgIpc) is 1.97. The Hall–Kier alpha value is -0.650. The number of aliphatic hydroxyl groups excluding tert-OH is 2. The molecule has 0 spiro atoms. The zero-order valence-corrected chi connectivity index (χ0v) is 6.16. The Morgan fingerprint density at radius 3 is 2.64 bits per heavy atom. The summed E-state index contributed by atoms with van der Waals surface area (Å²) in [6, 6.07) is 0. The molecule has 1 atom stereocenters. The number of hydrogen-bond donors (Lipinski definition) is 4. The summed E-state index contributed by atoms with van der Waals surface area (Å²) in [4.78, 5) is 9.96. The van der Waals surface area contributed by atoms with Gasteiger partial charge in [-0.05, 0) is 0 Å². The van der Waals surface area contributed by atoms with Crippen molar-refractivity contribution in [1.29, 1.82) is 0 Å². The van der Waals surface area contributed by atoms with E-state index < -0.39 is 12.1 Å². The van der Waals surface area contributed by atoms with Crippen molar-refractivity contribution in [2.45, 2.75) is 12.5 Å². The Labute approximate surface area is 64.7 Å². The minimum atomic E-state index is -0.879. The predicted molar refractivity (Wildman–Crippen MR) is 38.2 cm³/mol. The van der Waals surface area contributed by atoms with Crippen LogP contribution in [0.25, 0.3) is 0 Å². The summed E-state index contributed by atoms with van der Waals surface area (Å²) in [5.41, 5.74) is 0. The number of aliphatic carboxylic acids is 1. The molecule has 5 heteroatoms. The van der Waals surface area contributed by atoms with Crippen LogP contribution < -0.4 is 5.32 Å². The molecular formula is C6H13NO4. The quantitative estimate of drug-likeness (QED) is 0.354. The number of nitrogens with one attached hydrogen (secondary N) is 1. The van der Waals surface area contributed by atoms with Gasteiger partial charge < -0.3 is 20.6 Å². The molecule has 11 heavy (non-hydrogen) atoms. The summed E-state index contributed by atoms with van der Waals surface area (Å²) >= 11 is 0. The molecule has 0 aliphatic rings. The van der Waals surface area contributed by atoms with Crippen LogP contribution in [0.3, 0.4) is 0 Å². The largest absolute Gasteiger partial charge is 0.481 e. The van der Waals surface area contributed by atoms with Crippen molar-refractivity contribution >= 4 is 5.97 Å². The normalized spacial score (nSPS) is 12.9. The van der Waals surface area contributed by atoms with Gasteiger partial charge in [0.1, 0.15) is 0 Å². The summed E-state index contributed by atoms with van der Waals surface area (Å²) in [7, 11) is 0. The number of carbonyl (C=O) groups is 1. The lowest BCUT2D eigenvalue weighted by Gasteiger charge is -2.06. The Balaban J connectivity index is 3.08. The molecule has 0 fully saturated rings. The second-order valence-corrected chi connectivity index (χ2v) is 2.18. The minimum absolute atomic E-state index is 0.0259. The third-order valence-electron chi connectivity index (χ3n) is 1.11. The number of hydrogen-bond acceptors (Lipinski definition) is 4. The van der Waals surface area contributed by atoms with E-state index in [2.05, 4.69) is 5.32 Å². The number of carboxylic acid groups (broad SMARTS) is 1. The smallest absolute Gasteiger partial charge is 0.304 e. The van der Waals surface area contributed by atoms with E-state index in [-0.39, 0.29) is 19.6 Å². The lowest BCUT2D eigenvalue weighted by atomic mass is 10.3. The van der Waals surface area contributed by atoms with Crippen LogP contribution in [0.15, 0.2) is 0 Å². The molecule has 5 nitrogen and oxygen atoms in total. The highest BCUT2D eigenvalue weighted by Gasteiger charge is 2.00. The third-order valence-corrected chi connectivity index (χ3v) is 1.11. The molecule has 0 rings (SSSR count). The highest BCUT2D eigenvalue weighted by atomic mass is 16.4. The van der Waals surface area contributed by atoms with Gasteiger partial charge in [0.2, 0.25) is 0 Å². The van der Waals surface area contributed by atoms with E-state index in [0.29, 0.717) is 6.54 Å². The molecule has 0 aliphatic heterocycles. The molecule has 0 saturated heterocycles. The van der Waals surface area contributed by atoms with Gasteiger partial charge in [0.25, 0.3) is 0 Å². The van der Waals surface area contributed by atoms with Gasteiger partial charge in [-0.2, -0.15) is 0 Å². The molecule has 0 bridgehead atoms. The summed E-state index contributed by atoms with van der Waals surface area (Å²) in [6.07, 6.45) is -0.776. The number of carboxylic acids is 1. The van der Waals surface area contributed by atoms with Gasteiger partial charge in [0.05, 0.1) is 19.1 Å². The topological polar surface area (TPSA) is 89.8 Å². The van der Waals surface area contributed by atoms with Crippen molar-refractivity contribution in [1.82, 2.24) is 5.32 Å². The van der Waals surface area contributed by atoms with E-state index in [1.54, 1.807) is 0 Å². The first-order valence-electron chi connectivity index (χ1n) is 3.38. The second kappa shape index (κ2) is 6.09. The van der Waals surface area contributed by atoms with Gasteiger partial charge in [0, 0.05) is 13.1 Å². The van der Waals surface area contributed by atoms with Crippen LogP contribution in [0.2, 0.25) is 0 Å². The van der Waals surface area contributed by atoms with Crippen molar-refractivity contribution in [2.75, 3.05) is 19.7 Å². The van der Waals surface area contributed by atoms with Crippen molar-refractivity contribution in [2.24, 2.45) is 0 Å². The maximum Gasteiger partial charge on any atom is 0.304 e. The Morgan fingerprint density at radius 2 is 2.18 bits per heavy atom. The highest BCUT2D eigenvalue weighted by Crippen LogP contribution is 1.78. The van der Waals surface area contributed by atoms with Crippen molar-refractivity contribution in [3.8, 4) is 0 Å². The van der Waals surface area contributed by atoms with Crippen LogP contribution in [0.4, 0.5) is 0 Å². The lowest BCUT2D eigenvalue weighted by Crippen LogP contribution is -2.30. The minimum Gasteiger partial charge on any atom is -0.481 e. The molecule has 1 unspecified atom stereocenters. The molecular weight excluding hydrogens is 150 g/mol. The van der Waals surface area contributed by atoms with Gasteiger partial charge >= 0.3 is 5.97 Å². The first kappa shape index (κ1) is 10.3. The summed E-state index contributed by atoms with van der Waals surface area (Å²) in [6.45, 7) is 0.232. The van der Waals surface area contributed by atoms with Gasteiger partial charge in [-0.1, -0.05) is 0 Å². The van der Waals surface area contributed by atoms with Crippen LogP contribution in [0.5, 0.6) is 0 Å². The third kappa shape index (κ3) is 7.24. The molecule has 0 radical (unpaired) electrons. The molecule has 0 saturated carbocycles. The fourth-order valence-corrected chi connectivity index (χ4v) is 0.529. The molecule has 0 amide bonds. The van der Waals surface area contributed by atoms with Crippen LogP contribution in [-0.4, -0.2) is 47.1 Å². The summed E-state index contributed by atoms with van der Waals surface area (Å²) in [5, 5.41) is 28.0. The van der Waals surface area contributed by atoms with E-state index in [0.717, 1.165) is 0 Å². The van der Waals surface area contributed by atoms with Crippen LogP contribution in [-0.2, 0) is 4.79 Å². The van der Waals surface area contributed by atoms with Gasteiger partial charge in [-0.25, -0.2) is 0 Å². The zero-order valence-electron chi connectivity index (χ0n) is 6.16. The Bertz CT molecular complexity index is 117. The summed E-state index contributed by atoms with van der Waals surface area (Å²) in [5.74, 6) is -0.879. The van der Waals surface area contributed by atoms with Gasteiger partial charge in [0.15, 0.2) is 0 Å². The Kier molecular flexibility index (Phi) is 5.73. The van der Waals surface area contributed by atoms with E-state index >= 15 is 0 Å². The standard InChI is InChI=1S/C6H13NO4/c8-4-5(9)3-7-2-1-6(10)11/h5,7-9H,1-4H2,(H,10,11). The van der Waals surface area contributed by atoms with E-state index in [1.165, 1.54) is 0 Å². The SMILES string of the molecule is O=C(O)CCNCC(O)CO. The lowest BCUT2D eigenvalue weighted by molar-refractivity contribution is -0.136. The van der Waals surface area contributed by atoms with Crippen molar-refractivity contribution in [3.63, 3.8) is 0 Å². The average molecular weight is 163 g/mol. The molecule has 0 aromatic heterocycles. The zero-order chi connectivity index (χ0) is 8.69. The van der Waals surface area contributed by atoms with Crippen molar-refractivity contribution in [3.05, 3.63) is 0 Å². The van der Waals surface area contributed by atoms with Gasteiger partial charge in [-0.15, -0.1) is 0 Å². The van der Waals surface area contributed by atoms with Gasteiger partial charge in [-0.3, -0.25) is 4.79 Å². The fourth-order valence-electron chi connectivity index (χ4n) is 0.529. The van der Waals surface area contributed by atoms with E-state index in [9.17, 15) is 4.79 Å². The summed E-state index contributed by atoms with van der Waals surface area (Å²) < 4.78 is 0. The maximum absolute atomic E-state index is 9.96. The second-order valence-electron chi connectivity index (χ2n) is 2.18. The molecule has 0 aromatic carbocycles. The van der Waals surface area contributed by atoms with Crippen LogP contribution >= 0.6 is 0 Å². The Morgan fingerprint density at radius 1 is 1.55 bits per heavy atom. The monoisotopic (exact) mass is 163 g/mol. The van der Waals surface area contributed by atoms with Crippen molar-refractivity contribution < 1.29 is 20.1 Å². The van der Waals surface area contributed by atoms with E-state index in [4.69, 9.17) is 15.3 Å². The first-order valence-corrected chi connectivity index (χ1v) is 3.38. The highest BCUT2D eigenvalue weighted by molar-refractivity contribution is 5.66. The molecule has 0 aromatic rings. The molecule has 4 N–H and O–H groups in total. The maximum atomic E-state index is 9.96. The predicted octanol–water partition coefficient (Wildman–Crippen LogP) is -1.60. The van der Waals surface area contributed by atoms with Crippen LogP contribution in [0.1, 0.15) is 6.42 Å². The van der Waals surface area contributed by atoms with E-state index in [1.807, 2.05) is 0 Å². The number of aliphatic hydroxyl groups is 2. The molecule has 0 heterocycles. The molecule has 66 valence electrons. The first-order chi connectivity index (χ1) is 5.16. The fraction of sp³-hybridized carbons (Fsp3) is 0.833. The van der Waals surface area contributed by atoms with Crippen LogP contribution in [0, 0.1) is 0 Å². The molecule has 0 aliphatic carbocycles.